The summed E-state index contributed by atoms with van der Waals surface area (Å²) in [7, 11) is 0. The fourth-order valence-corrected chi connectivity index (χ4v) is 2.89. The monoisotopic (exact) mass is 264 g/mol. The molecule has 0 heterocycles. The molecule has 0 aliphatic heterocycles. The summed E-state index contributed by atoms with van der Waals surface area (Å²) in [6, 6.07) is 3.94. The van der Waals surface area contributed by atoms with Gasteiger partial charge in [-0.05, 0) is 42.9 Å². The predicted molar refractivity (Wildman–Crippen MR) is 74.3 cm³/mol. The minimum atomic E-state index is -0.476. The van der Waals surface area contributed by atoms with Crippen molar-refractivity contribution in [3.8, 4) is 0 Å². The lowest BCUT2D eigenvalue weighted by molar-refractivity contribution is 0.0928. The topological polar surface area (TPSA) is 55.1 Å². The molecule has 4 heteroatoms. The van der Waals surface area contributed by atoms with E-state index in [1.165, 1.54) is 31.0 Å². The van der Waals surface area contributed by atoms with Crippen molar-refractivity contribution >= 4 is 11.6 Å². The minimum Gasteiger partial charge on any atom is -0.399 e. The molecule has 0 saturated heterocycles. The number of carbonyl (C=O) groups excluding carboxylic acids is 1. The molecule has 1 fully saturated rings. The van der Waals surface area contributed by atoms with Gasteiger partial charge in [-0.2, -0.15) is 0 Å². The van der Waals surface area contributed by atoms with Crippen LogP contribution in [0.4, 0.5) is 10.1 Å². The van der Waals surface area contributed by atoms with E-state index in [9.17, 15) is 9.18 Å². The van der Waals surface area contributed by atoms with Crippen LogP contribution >= 0.6 is 0 Å². The van der Waals surface area contributed by atoms with Crippen LogP contribution in [-0.4, -0.2) is 12.5 Å². The van der Waals surface area contributed by atoms with Crippen LogP contribution in [0.1, 0.15) is 49.4 Å². The number of nitrogens with two attached hydrogens (primary N) is 1. The van der Waals surface area contributed by atoms with Crippen molar-refractivity contribution in [1.29, 1.82) is 0 Å². The number of nitrogens with one attached hydrogen (secondary N) is 1. The SMILES string of the molecule is CCC1(CNC(=O)c2cc(N)cc(F)c2)CCCC1. The Labute approximate surface area is 113 Å². The number of amides is 1. The second kappa shape index (κ2) is 5.59. The molecule has 1 amide bonds. The quantitative estimate of drug-likeness (QED) is 0.821. The average Bonchev–Trinajstić information content (AvgIpc) is 2.84. The molecule has 0 radical (unpaired) electrons. The molecule has 1 aliphatic rings. The summed E-state index contributed by atoms with van der Waals surface area (Å²) in [5.74, 6) is -0.720. The van der Waals surface area contributed by atoms with Gasteiger partial charge in [0.1, 0.15) is 5.82 Å². The van der Waals surface area contributed by atoms with Crippen molar-refractivity contribution in [3.05, 3.63) is 29.6 Å². The van der Waals surface area contributed by atoms with Crippen molar-refractivity contribution in [2.24, 2.45) is 5.41 Å². The molecule has 0 unspecified atom stereocenters. The van der Waals surface area contributed by atoms with Crippen LogP contribution in [0, 0.1) is 11.2 Å². The van der Waals surface area contributed by atoms with Crippen molar-refractivity contribution in [1.82, 2.24) is 5.32 Å². The third-order valence-electron chi connectivity index (χ3n) is 4.22. The molecule has 0 aromatic heterocycles. The average molecular weight is 264 g/mol. The molecule has 1 aliphatic carbocycles. The van der Waals surface area contributed by atoms with Gasteiger partial charge in [-0.25, -0.2) is 4.39 Å². The highest BCUT2D eigenvalue weighted by Gasteiger charge is 2.32. The maximum atomic E-state index is 13.2. The Bertz CT molecular complexity index is 447. The first-order valence-electron chi connectivity index (χ1n) is 6.89. The Kier molecular flexibility index (Phi) is 4.08. The van der Waals surface area contributed by atoms with Crippen molar-refractivity contribution in [3.63, 3.8) is 0 Å². The molecule has 0 atom stereocenters. The van der Waals surface area contributed by atoms with Gasteiger partial charge in [0, 0.05) is 17.8 Å². The second-order valence-electron chi connectivity index (χ2n) is 5.52. The van der Waals surface area contributed by atoms with Gasteiger partial charge in [0.2, 0.25) is 0 Å². The highest BCUT2D eigenvalue weighted by molar-refractivity contribution is 5.95. The lowest BCUT2D eigenvalue weighted by Crippen LogP contribution is -2.35. The third-order valence-corrected chi connectivity index (χ3v) is 4.22. The molecule has 3 N–H and O–H groups in total. The number of hydrogen-bond acceptors (Lipinski definition) is 2. The van der Waals surface area contributed by atoms with E-state index < -0.39 is 5.82 Å². The van der Waals surface area contributed by atoms with Crippen LogP contribution in [0.15, 0.2) is 18.2 Å². The Morgan fingerprint density at radius 1 is 1.37 bits per heavy atom. The van der Waals surface area contributed by atoms with E-state index in [0.717, 1.165) is 19.3 Å². The first-order valence-corrected chi connectivity index (χ1v) is 6.89. The van der Waals surface area contributed by atoms with Crippen LogP contribution in [0.5, 0.6) is 0 Å². The van der Waals surface area contributed by atoms with Crippen molar-refractivity contribution in [2.75, 3.05) is 12.3 Å². The summed E-state index contributed by atoms with van der Waals surface area (Å²) in [5, 5.41) is 2.93. The van der Waals surface area contributed by atoms with E-state index in [2.05, 4.69) is 12.2 Å². The molecule has 1 aromatic carbocycles. The fourth-order valence-electron chi connectivity index (χ4n) is 2.89. The molecule has 1 saturated carbocycles. The number of nitrogen functional groups attached to an aromatic ring is 1. The Hall–Kier alpha value is -1.58. The zero-order valence-corrected chi connectivity index (χ0v) is 11.3. The first kappa shape index (κ1) is 13.8. The molecular weight excluding hydrogens is 243 g/mol. The fraction of sp³-hybridized carbons (Fsp3) is 0.533. The standard InChI is InChI=1S/C15H21FN2O/c1-2-15(5-3-4-6-15)10-18-14(19)11-7-12(16)9-13(17)8-11/h7-9H,2-6,10,17H2,1H3,(H,18,19). The van der Waals surface area contributed by atoms with E-state index in [0.29, 0.717) is 12.1 Å². The number of benzene rings is 1. The molecule has 3 nitrogen and oxygen atoms in total. The Morgan fingerprint density at radius 2 is 2.05 bits per heavy atom. The lowest BCUT2D eigenvalue weighted by Gasteiger charge is -2.27. The zero-order valence-electron chi connectivity index (χ0n) is 11.3. The number of carbonyl (C=O) groups is 1. The van der Waals surface area contributed by atoms with Crippen LogP contribution in [0.3, 0.4) is 0 Å². The van der Waals surface area contributed by atoms with Crippen LogP contribution in [0.25, 0.3) is 0 Å². The summed E-state index contributed by atoms with van der Waals surface area (Å²) in [4.78, 5) is 12.0. The number of hydrogen-bond donors (Lipinski definition) is 2. The van der Waals surface area contributed by atoms with Crippen LogP contribution in [-0.2, 0) is 0 Å². The van der Waals surface area contributed by atoms with Gasteiger partial charge in [0.25, 0.3) is 5.91 Å². The molecular formula is C15H21FN2O. The number of anilines is 1. The van der Waals surface area contributed by atoms with Gasteiger partial charge in [-0.15, -0.1) is 0 Å². The molecule has 0 bridgehead atoms. The lowest BCUT2D eigenvalue weighted by atomic mass is 9.83. The highest BCUT2D eigenvalue weighted by Crippen LogP contribution is 2.40. The van der Waals surface area contributed by atoms with Crippen molar-refractivity contribution < 1.29 is 9.18 Å². The van der Waals surface area contributed by atoms with Gasteiger partial charge in [-0.1, -0.05) is 19.8 Å². The smallest absolute Gasteiger partial charge is 0.251 e. The number of rotatable bonds is 4. The molecule has 19 heavy (non-hydrogen) atoms. The molecule has 0 spiro atoms. The first-order chi connectivity index (χ1) is 9.04. The Morgan fingerprint density at radius 3 is 2.63 bits per heavy atom. The van der Waals surface area contributed by atoms with Gasteiger partial charge >= 0.3 is 0 Å². The van der Waals surface area contributed by atoms with Gasteiger partial charge in [0.15, 0.2) is 0 Å². The summed E-state index contributed by atoms with van der Waals surface area (Å²) in [6.07, 6.45) is 5.86. The third kappa shape index (κ3) is 3.25. The summed E-state index contributed by atoms with van der Waals surface area (Å²) in [6.45, 7) is 2.83. The van der Waals surface area contributed by atoms with E-state index in [1.54, 1.807) is 0 Å². The molecule has 2 rings (SSSR count). The summed E-state index contributed by atoms with van der Waals surface area (Å²) < 4.78 is 13.2. The van der Waals surface area contributed by atoms with E-state index in [4.69, 9.17) is 5.73 Å². The van der Waals surface area contributed by atoms with E-state index in [-0.39, 0.29) is 17.0 Å². The Balaban J connectivity index is 2.01. The van der Waals surface area contributed by atoms with Gasteiger partial charge in [0.05, 0.1) is 0 Å². The van der Waals surface area contributed by atoms with Crippen molar-refractivity contribution in [2.45, 2.75) is 39.0 Å². The second-order valence-corrected chi connectivity index (χ2v) is 5.52. The maximum Gasteiger partial charge on any atom is 0.251 e. The van der Waals surface area contributed by atoms with Gasteiger partial charge in [-0.3, -0.25) is 4.79 Å². The van der Waals surface area contributed by atoms with E-state index >= 15 is 0 Å². The van der Waals surface area contributed by atoms with E-state index in [1.807, 2.05) is 0 Å². The summed E-state index contributed by atoms with van der Waals surface area (Å²) >= 11 is 0. The zero-order chi connectivity index (χ0) is 13.9. The largest absolute Gasteiger partial charge is 0.399 e. The number of halogens is 1. The predicted octanol–water partition coefficient (Wildman–Crippen LogP) is 3.11. The van der Waals surface area contributed by atoms with Crippen LogP contribution < -0.4 is 11.1 Å². The molecule has 104 valence electrons. The molecule has 1 aromatic rings. The normalized spacial score (nSPS) is 17.4. The maximum absolute atomic E-state index is 13.2. The van der Waals surface area contributed by atoms with Gasteiger partial charge < -0.3 is 11.1 Å². The van der Waals surface area contributed by atoms with Crippen LogP contribution in [0.2, 0.25) is 0 Å². The highest BCUT2D eigenvalue weighted by atomic mass is 19.1. The minimum absolute atomic E-state index is 0.231. The summed E-state index contributed by atoms with van der Waals surface area (Å²) in [5.41, 5.74) is 6.35.